The van der Waals surface area contributed by atoms with Crippen LogP contribution in [0.4, 0.5) is 18.9 Å². The van der Waals surface area contributed by atoms with Crippen molar-refractivity contribution in [2.45, 2.75) is 38.9 Å². The normalized spacial score (nSPS) is 19.3. The molecule has 0 N–H and O–H groups in total. The lowest BCUT2D eigenvalue weighted by molar-refractivity contribution is -0.137. The van der Waals surface area contributed by atoms with Crippen LogP contribution in [0.5, 0.6) is 0 Å². The second kappa shape index (κ2) is 6.76. The van der Waals surface area contributed by atoms with E-state index in [2.05, 4.69) is 24.9 Å². The smallest absolute Gasteiger partial charge is 0.368 e. The minimum absolute atomic E-state index is 0.0994. The SMILES string of the molecule is CN(c1ccc(C#N)c(C(F)(F)F)c1)C1C=C(n2ccnc2)CCC1(C)C. The molecule has 0 saturated carbocycles. The van der Waals surface area contributed by atoms with Crippen molar-refractivity contribution in [3.05, 3.63) is 54.1 Å². The number of halogens is 3. The first kappa shape index (κ1) is 19.0. The average Bonchev–Trinajstić information content (AvgIpc) is 3.14. The highest BCUT2D eigenvalue weighted by molar-refractivity contribution is 5.58. The number of hydrogen-bond donors (Lipinski definition) is 0. The van der Waals surface area contributed by atoms with Gasteiger partial charge in [-0.1, -0.05) is 13.8 Å². The Kier molecular flexibility index (Phi) is 4.77. The van der Waals surface area contributed by atoms with Crippen molar-refractivity contribution in [2.24, 2.45) is 5.41 Å². The van der Waals surface area contributed by atoms with Crippen LogP contribution in [0.3, 0.4) is 0 Å². The van der Waals surface area contributed by atoms with Gasteiger partial charge in [-0.3, -0.25) is 0 Å². The van der Waals surface area contributed by atoms with E-state index in [1.807, 2.05) is 15.7 Å². The summed E-state index contributed by atoms with van der Waals surface area (Å²) in [6, 6.07) is 5.41. The molecule has 2 aromatic rings. The molecular weight excluding hydrogens is 353 g/mol. The van der Waals surface area contributed by atoms with Crippen LogP contribution in [-0.2, 0) is 6.18 Å². The first-order valence-electron chi connectivity index (χ1n) is 8.67. The van der Waals surface area contributed by atoms with Gasteiger partial charge in [-0.15, -0.1) is 0 Å². The Morgan fingerprint density at radius 3 is 2.67 bits per heavy atom. The fourth-order valence-electron chi connectivity index (χ4n) is 3.61. The van der Waals surface area contributed by atoms with Crippen LogP contribution < -0.4 is 4.90 Å². The molecule has 1 atom stereocenters. The number of rotatable bonds is 3. The summed E-state index contributed by atoms with van der Waals surface area (Å²) in [5.41, 5.74) is 0.125. The van der Waals surface area contributed by atoms with E-state index in [0.717, 1.165) is 24.6 Å². The summed E-state index contributed by atoms with van der Waals surface area (Å²) in [6.07, 6.45) is 4.59. The molecule has 0 radical (unpaired) electrons. The zero-order chi connectivity index (χ0) is 19.8. The van der Waals surface area contributed by atoms with Crippen molar-refractivity contribution < 1.29 is 13.2 Å². The van der Waals surface area contributed by atoms with Gasteiger partial charge < -0.3 is 9.47 Å². The van der Waals surface area contributed by atoms with Crippen LogP contribution in [0.1, 0.15) is 37.8 Å². The van der Waals surface area contributed by atoms with E-state index in [4.69, 9.17) is 5.26 Å². The summed E-state index contributed by atoms with van der Waals surface area (Å²) >= 11 is 0. The number of imidazole rings is 1. The van der Waals surface area contributed by atoms with Gasteiger partial charge in [-0.2, -0.15) is 18.4 Å². The summed E-state index contributed by atoms with van der Waals surface area (Å²) in [5, 5.41) is 9.00. The van der Waals surface area contributed by atoms with Gasteiger partial charge >= 0.3 is 6.18 Å². The van der Waals surface area contributed by atoms with Gasteiger partial charge in [0.15, 0.2) is 0 Å². The average molecular weight is 374 g/mol. The molecule has 27 heavy (non-hydrogen) atoms. The zero-order valence-corrected chi connectivity index (χ0v) is 15.5. The van der Waals surface area contributed by atoms with E-state index in [-0.39, 0.29) is 17.0 Å². The van der Waals surface area contributed by atoms with Gasteiger partial charge in [0.05, 0.1) is 29.6 Å². The first-order valence-corrected chi connectivity index (χ1v) is 8.67. The third-order valence-corrected chi connectivity index (χ3v) is 5.27. The van der Waals surface area contributed by atoms with Crippen molar-refractivity contribution in [3.8, 4) is 6.07 Å². The van der Waals surface area contributed by atoms with Crippen LogP contribution in [0.15, 0.2) is 43.0 Å². The maximum atomic E-state index is 13.3. The van der Waals surface area contributed by atoms with Crippen molar-refractivity contribution in [3.63, 3.8) is 0 Å². The quantitative estimate of drug-likeness (QED) is 0.764. The van der Waals surface area contributed by atoms with Crippen LogP contribution in [-0.4, -0.2) is 22.6 Å². The van der Waals surface area contributed by atoms with Crippen LogP contribution >= 0.6 is 0 Å². The summed E-state index contributed by atoms with van der Waals surface area (Å²) < 4.78 is 41.9. The molecule has 0 amide bonds. The number of alkyl halides is 3. The number of anilines is 1. The number of allylic oxidation sites excluding steroid dienone is 1. The van der Waals surface area contributed by atoms with E-state index >= 15 is 0 Å². The molecule has 142 valence electrons. The number of hydrogen-bond acceptors (Lipinski definition) is 3. The number of nitriles is 1. The minimum Gasteiger partial charge on any atom is -0.368 e. The number of benzene rings is 1. The van der Waals surface area contributed by atoms with Crippen molar-refractivity contribution in [1.29, 1.82) is 5.26 Å². The summed E-state index contributed by atoms with van der Waals surface area (Å²) in [7, 11) is 1.79. The Labute approximate surface area is 156 Å². The fourth-order valence-corrected chi connectivity index (χ4v) is 3.61. The minimum atomic E-state index is -4.57. The second-order valence-electron chi connectivity index (χ2n) is 7.51. The zero-order valence-electron chi connectivity index (χ0n) is 15.5. The predicted octanol–water partition coefficient (Wildman–Crippen LogP) is 4.94. The Hall–Kier alpha value is -2.75. The van der Waals surface area contributed by atoms with Gasteiger partial charge in [0.2, 0.25) is 0 Å². The van der Waals surface area contributed by atoms with E-state index in [9.17, 15) is 13.2 Å². The van der Waals surface area contributed by atoms with Crippen molar-refractivity contribution in [1.82, 2.24) is 9.55 Å². The Bertz CT molecular complexity index is 889. The molecule has 1 aromatic carbocycles. The molecule has 1 unspecified atom stereocenters. The highest BCUT2D eigenvalue weighted by atomic mass is 19.4. The molecule has 3 rings (SSSR count). The van der Waals surface area contributed by atoms with Gasteiger partial charge in [0, 0.05) is 30.8 Å². The lowest BCUT2D eigenvalue weighted by Gasteiger charge is -2.43. The topological polar surface area (TPSA) is 44.9 Å². The van der Waals surface area contributed by atoms with Crippen LogP contribution in [0.2, 0.25) is 0 Å². The maximum Gasteiger partial charge on any atom is 0.417 e. The van der Waals surface area contributed by atoms with Crippen LogP contribution in [0, 0.1) is 16.7 Å². The lowest BCUT2D eigenvalue weighted by Crippen LogP contribution is -2.44. The molecule has 0 fully saturated rings. The van der Waals surface area contributed by atoms with E-state index in [1.54, 1.807) is 31.7 Å². The first-order chi connectivity index (χ1) is 12.6. The molecule has 1 aliphatic carbocycles. The van der Waals surface area contributed by atoms with E-state index < -0.39 is 11.7 Å². The van der Waals surface area contributed by atoms with Crippen molar-refractivity contribution >= 4 is 11.4 Å². The molecule has 7 heteroatoms. The van der Waals surface area contributed by atoms with E-state index in [1.165, 1.54) is 6.07 Å². The van der Waals surface area contributed by atoms with E-state index in [0.29, 0.717) is 5.69 Å². The van der Waals surface area contributed by atoms with Gasteiger partial charge in [-0.25, -0.2) is 4.98 Å². The lowest BCUT2D eigenvalue weighted by atomic mass is 9.75. The molecule has 0 saturated heterocycles. The van der Waals surface area contributed by atoms with Gasteiger partial charge in [0.1, 0.15) is 0 Å². The standard InChI is InChI=1S/C20H21F3N4/c1-19(2)7-6-16(27-9-8-25-13-27)11-18(19)26(3)15-5-4-14(12-24)17(10-15)20(21,22)23/h4-5,8-11,13,18H,6-7H2,1-3H3. The molecule has 1 heterocycles. The number of likely N-dealkylation sites (N-methyl/N-ethyl adjacent to an activating group) is 1. The molecule has 0 spiro atoms. The molecular formula is C20H21F3N4. The Morgan fingerprint density at radius 2 is 2.07 bits per heavy atom. The fraction of sp³-hybridized carbons (Fsp3) is 0.400. The monoisotopic (exact) mass is 374 g/mol. The third kappa shape index (κ3) is 3.70. The highest BCUT2D eigenvalue weighted by Gasteiger charge is 2.37. The van der Waals surface area contributed by atoms with Gasteiger partial charge in [0.25, 0.3) is 0 Å². The summed E-state index contributed by atoms with van der Waals surface area (Å²) in [5.74, 6) is 0. The van der Waals surface area contributed by atoms with Gasteiger partial charge in [-0.05, 0) is 42.5 Å². The Balaban J connectivity index is 2.02. The molecule has 0 aliphatic heterocycles. The third-order valence-electron chi connectivity index (χ3n) is 5.27. The summed E-state index contributed by atoms with van der Waals surface area (Å²) in [6.45, 7) is 4.23. The summed E-state index contributed by atoms with van der Waals surface area (Å²) in [4.78, 5) is 5.93. The molecule has 4 nitrogen and oxygen atoms in total. The number of aromatic nitrogens is 2. The van der Waals surface area contributed by atoms with Crippen LogP contribution in [0.25, 0.3) is 5.70 Å². The highest BCUT2D eigenvalue weighted by Crippen LogP contribution is 2.41. The largest absolute Gasteiger partial charge is 0.417 e. The maximum absolute atomic E-state index is 13.3. The van der Waals surface area contributed by atoms with Crippen molar-refractivity contribution in [2.75, 3.05) is 11.9 Å². The molecule has 0 bridgehead atoms. The second-order valence-corrected chi connectivity index (χ2v) is 7.51. The number of nitrogens with zero attached hydrogens (tertiary/aromatic N) is 4. The Morgan fingerprint density at radius 1 is 1.33 bits per heavy atom. The predicted molar refractivity (Wildman–Crippen MR) is 97.9 cm³/mol. The molecule has 1 aromatic heterocycles. The molecule has 1 aliphatic rings.